The summed E-state index contributed by atoms with van der Waals surface area (Å²) in [6.45, 7) is 1.15. The zero-order valence-electron chi connectivity index (χ0n) is 10.4. The van der Waals surface area contributed by atoms with Crippen LogP contribution in [-0.2, 0) is 0 Å². The zero-order valence-corrected chi connectivity index (χ0v) is 11.2. The van der Waals surface area contributed by atoms with Crippen LogP contribution < -0.4 is 0 Å². The molecule has 0 spiro atoms. The van der Waals surface area contributed by atoms with Gasteiger partial charge in [0.1, 0.15) is 5.69 Å². The van der Waals surface area contributed by atoms with Crippen LogP contribution in [0.1, 0.15) is 23.3 Å². The number of nitrogens with one attached hydrogen (secondary N) is 1. The summed E-state index contributed by atoms with van der Waals surface area (Å²) in [6.07, 6.45) is 0.968. The van der Waals surface area contributed by atoms with Gasteiger partial charge in [0.2, 0.25) is 0 Å². The number of rotatable bonds is 1. The summed E-state index contributed by atoms with van der Waals surface area (Å²) >= 11 is 6.27. The number of aliphatic hydroxyl groups excluding tert-OH is 1. The number of aromatic nitrogens is 1. The topological polar surface area (TPSA) is 56.3 Å². The molecule has 4 nitrogen and oxygen atoms in total. The normalized spacial score (nSPS) is 17.1. The summed E-state index contributed by atoms with van der Waals surface area (Å²) in [4.78, 5) is 17.3. The first-order chi connectivity index (χ1) is 9.16. The number of aromatic amines is 1. The number of carbonyl (C=O) groups is 1. The van der Waals surface area contributed by atoms with E-state index < -0.39 is 0 Å². The number of amides is 1. The lowest BCUT2D eigenvalue weighted by Crippen LogP contribution is -2.40. The number of halogens is 1. The molecule has 2 aromatic rings. The molecule has 0 aliphatic carbocycles. The number of piperidine rings is 1. The van der Waals surface area contributed by atoms with Gasteiger partial charge in [0, 0.05) is 24.0 Å². The molecule has 3 rings (SSSR count). The van der Waals surface area contributed by atoms with E-state index in [9.17, 15) is 9.90 Å². The number of hydrogen-bond acceptors (Lipinski definition) is 2. The fourth-order valence-electron chi connectivity index (χ4n) is 2.48. The summed E-state index contributed by atoms with van der Waals surface area (Å²) < 4.78 is 0. The maximum absolute atomic E-state index is 12.4. The Morgan fingerprint density at radius 2 is 2.00 bits per heavy atom. The Morgan fingerprint density at radius 3 is 2.68 bits per heavy atom. The van der Waals surface area contributed by atoms with Gasteiger partial charge in [-0.3, -0.25) is 4.79 Å². The van der Waals surface area contributed by atoms with Crippen LogP contribution in [0.4, 0.5) is 0 Å². The van der Waals surface area contributed by atoms with Gasteiger partial charge in [-0.1, -0.05) is 29.8 Å². The highest BCUT2D eigenvalue weighted by atomic mass is 35.5. The third kappa shape index (κ3) is 2.22. The van der Waals surface area contributed by atoms with E-state index in [4.69, 9.17) is 11.6 Å². The average molecular weight is 279 g/mol. The average Bonchev–Trinajstić information content (AvgIpc) is 2.77. The molecule has 1 saturated heterocycles. The van der Waals surface area contributed by atoms with E-state index in [1.807, 2.05) is 24.3 Å². The van der Waals surface area contributed by atoms with Gasteiger partial charge < -0.3 is 15.0 Å². The lowest BCUT2D eigenvalue weighted by Gasteiger charge is -2.29. The molecule has 2 N–H and O–H groups in total. The van der Waals surface area contributed by atoms with Crippen molar-refractivity contribution in [2.45, 2.75) is 18.9 Å². The minimum atomic E-state index is -0.290. The number of carbonyl (C=O) groups excluding carboxylic acids is 1. The van der Waals surface area contributed by atoms with E-state index in [-0.39, 0.29) is 12.0 Å². The Labute approximate surface area is 116 Å². The molecule has 1 aromatic heterocycles. The molecule has 100 valence electrons. The van der Waals surface area contributed by atoms with Crippen molar-refractivity contribution in [3.63, 3.8) is 0 Å². The molecule has 2 heterocycles. The van der Waals surface area contributed by atoms with Gasteiger partial charge in [0.05, 0.1) is 11.1 Å². The van der Waals surface area contributed by atoms with Crippen LogP contribution in [0.2, 0.25) is 5.02 Å². The lowest BCUT2D eigenvalue weighted by atomic mass is 10.1. The minimum absolute atomic E-state index is 0.0897. The number of likely N-dealkylation sites (tertiary alicyclic amines) is 1. The minimum Gasteiger partial charge on any atom is -0.393 e. The smallest absolute Gasteiger partial charge is 0.271 e. The van der Waals surface area contributed by atoms with E-state index in [1.165, 1.54) is 0 Å². The second-order valence-corrected chi connectivity index (χ2v) is 5.26. The fourth-order valence-corrected chi connectivity index (χ4v) is 2.78. The number of hydrogen-bond donors (Lipinski definition) is 2. The molecule has 0 bridgehead atoms. The molecule has 1 aliphatic heterocycles. The van der Waals surface area contributed by atoms with Crippen LogP contribution in [0.25, 0.3) is 10.9 Å². The molecule has 0 radical (unpaired) electrons. The van der Waals surface area contributed by atoms with Crippen molar-refractivity contribution in [1.29, 1.82) is 0 Å². The van der Waals surface area contributed by atoms with Gasteiger partial charge >= 0.3 is 0 Å². The van der Waals surface area contributed by atoms with Crippen molar-refractivity contribution in [3.05, 3.63) is 35.0 Å². The Balaban J connectivity index is 1.91. The summed E-state index contributed by atoms with van der Waals surface area (Å²) in [6, 6.07) is 7.59. The first-order valence-electron chi connectivity index (χ1n) is 6.40. The third-order valence-electron chi connectivity index (χ3n) is 3.61. The summed E-state index contributed by atoms with van der Waals surface area (Å²) in [5.41, 5.74) is 1.31. The first kappa shape index (κ1) is 12.5. The SMILES string of the molecule is O=C(c1[nH]c2ccccc2c1Cl)N1CCC(O)CC1. The van der Waals surface area contributed by atoms with Crippen LogP contribution in [0.15, 0.2) is 24.3 Å². The van der Waals surface area contributed by atoms with Gasteiger partial charge in [-0.05, 0) is 18.9 Å². The third-order valence-corrected chi connectivity index (χ3v) is 4.00. The van der Waals surface area contributed by atoms with E-state index in [2.05, 4.69) is 4.98 Å². The Hall–Kier alpha value is -1.52. The summed E-state index contributed by atoms with van der Waals surface area (Å²) in [5.74, 6) is -0.0897. The monoisotopic (exact) mass is 278 g/mol. The van der Waals surface area contributed by atoms with Gasteiger partial charge in [0.25, 0.3) is 5.91 Å². The second kappa shape index (κ2) is 4.87. The van der Waals surface area contributed by atoms with Crippen molar-refractivity contribution in [1.82, 2.24) is 9.88 Å². The molecule has 1 aliphatic rings. The van der Waals surface area contributed by atoms with E-state index >= 15 is 0 Å². The molecule has 19 heavy (non-hydrogen) atoms. The number of para-hydroxylation sites is 1. The van der Waals surface area contributed by atoms with Crippen molar-refractivity contribution in [3.8, 4) is 0 Å². The van der Waals surface area contributed by atoms with Gasteiger partial charge in [-0.2, -0.15) is 0 Å². The maximum Gasteiger partial charge on any atom is 0.271 e. The summed E-state index contributed by atoms with van der Waals surface area (Å²) in [5, 5.41) is 10.8. The van der Waals surface area contributed by atoms with Crippen molar-refractivity contribution >= 4 is 28.4 Å². The van der Waals surface area contributed by atoms with E-state index in [0.717, 1.165) is 10.9 Å². The van der Waals surface area contributed by atoms with Crippen LogP contribution >= 0.6 is 11.6 Å². The van der Waals surface area contributed by atoms with Gasteiger partial charge in [-0.15, -0.1) is 0 Å². The molecular formula is C14H15ClN2O2. The molecule has 0 atom stereocenters. The predicted octanol–water partition coefficient (Wildman–Crippen LogP) is 2.42. The Morgan fingerprint density at radius 1 is 1.32 bits per heavy atom. The lowest BCUT2D eigenvalue weighted by molar-refractivity contribution is 0.0542. The number of benzene rings is 1. The molecule has 1 fully saturated rings. The predicted molar refractivity (Wildman–Crippen MR) is 74.5 cm³/mol. The maximum atomic E-state index is 12.4. The number of H-pyrrole nitrogens is 1. The second-order valence-electron chi connectivity index (χ2n) is 4.88. The van der Waals surface area contributed by atoms with Crippen LogP contribution in [-0.4, -0.2) is 40.1 Å². The Bertz CT molecular complexity index is 615. The molecule has 1 amide bonds. The van der Waals surface area contributed by atoms with Crippen LogP contribution in [0.3, 0.4) is 0 Å². The zero-order chi connectivity index (χ0) is 13.4. The van der Waals surface area contributed by atoms with Gasteiger partial charge in [0.15, 0.2) is 0 Å². The summed E-state index contributed by atoms with van der Waals surface area (Å²) in [7, 11) is 0. The molecule has 0 saturated carbocycles. The van der Waals surface area contributed by atoms with Crippen molar-refractivity contribution in [2.75, 3.05) is 13.1 Å². The van der Waals surface area contributed by atoms with Crippen LogP contribution in [0, 0.1) is 0 Å². The van der Waals surface area contributed by atoms with Gasteiger partial charge in [-0.25, -0.2) is 0 Å². The first-order valence-corrected chi connectivity index (χ1v) is 6.78. The molecular weight excluding hydrogens is 264 g/mol. The largest absolute Gasteiger partial charge is 0.393 e. The number of fused-ring (bicyclic) bond motifs is 1. The standard InChI is InChI=1S/C14H15ClN2O2/c15-12-10-3-1-2-4-11(10)16-13(12)14(19)17-7-5-9(18)6-8-17/h1-4,9,16,18H,5-8H2. The van der Waals surface area contributed by atoms with Crippen molar-refractivity contribution < 1.29 is 9.90 Å². The number of aliphatic hydroxyl groups is 1. The van der Waals surface area contributed by atoms with E-state index in [0.29, 0.717) is 36.6 Å². The van der Waals surface area contributed by atoms with Crippen LogP contribution in [0.5, 0.6) is 0 Å². The molecule has 0 unspecified atom stereocenters. The highest BCUT2D eigenvalue weighted by molar-refractivity contribution is 6.38. The molecule has 5 heteroatoms. The molecule has 1 aromatic carbocycles. The highest BCUT2D eigenvalue weighted by Gasteiger charge is 2.25. The highest BCUT2D eigenvalue weighted by Crippen LogP contribution is 2.28. The Kier molecular flexibility index (Phi) is 3.21. The quantitative estimate of drug-likeness (QED) is 0.842. The van der Waals surface area contributed by atoms with E-state index in [1.54, 1.807) is 4.90 Å². The number of nitrogens with zero attached hydrogens (tertiary/aromatic N) is 1. The fraction of sp³-hybridized carbons (Fsp3) is 0.357. The van der Waals surface area contributed by atoms with Crippen molar-refractivity contribution in [2.24, 2.45) is 0 Å².